The van der Waals surface area contributed by atoms with Crippen molar-refractivity contribution in [3.05, 3.63) is 29.3 Å². The molecule has 1 aliphatic heterocycles. The first kappa shape index (κ1) is 11.5. The zero-order chi connectivity index (χ0) is 11.5. The van der Waals surface area contributed by atoms with Gasteiger partial charge in [0.1, 0.15) is 0 Å². The van der Waals surface area contributed by atoms with Crippen molar-refractivity contribution >= 4 is 5.69 Å². The molecule has 1 heterocycles. The summed E-state index contributed by atoms with van der Waals surface area (Å²) >= 11 is 0. The van der Waals surface area contributed by atoms with Gasteiger partial charge in [0.2, 0.25) is 0 Å². The van der Waals surface area contributed by atoms with Crippen LogP contribution in [0.4, 0.5) is 5.69 Å². The lowest BCUT2D eigenvalue weighted by molar-refractivity contribution is 0.273. The molecule has 1 aromatic rings. The Kier molecular flexibility index (Phi) is 3.49. The second kappa shape index (κ2) is 4.88. The van der Waals surface area contributed by atoms with Gasteiger partial charge in [-0.25, -0.2) is 0 Å². The highest BCUT2D eigenvalue weighted by Crippen LogP contribution is 2.30. The van der Waals surface area contributed by atoms with Crippen molar-refractivity contribution in [2.75, 3.05) is 24.6 Å². The number of hydrogen-bond donors (Lipinski definition) is 1. The topological polar surface area (TPSA) is 23.5 Å². The molecule has 1 aromatic carbocycles. The van der Waals surface area contributed by atoms with Crippen LogP contribution in [0.3, 0.4) is 0 Å². The van der Waals surface area contributed by atoms with Crippen molar-refractivity contribution in [1.29, 1.82) is 0 Å². The molecule has 16 heavy (non-hydrogen) atoms. The molecule has 2 rings (SSSR count). The van der Waals surface area contributed by atoms with Crippen LogP contribution in [0.2, 0.25) is 0 Å². The normalized spacial score (nSPS) is 17.8. The highest BCUT2D eigenvalue weighted by atomic mass is 16.3. The number of aliphatic hydroxyl groups is 1. The van der Waals surface area contributed by atoms with Crippen LogP contribution in [0.1, 0.15) is 36.8 Å². The molecule has 1 aliphatic rings. The van der Waals surface area contributed by atoms with E-state index in [4.69, 9.17) is 0 Å². The van der Waals surface area contributed by atoms with Gasteiger partial charge in [0.05, 0.1) is 0 Å². The maximum Gasteiger partial charge on any atom is 0.0497 e. The Morgan fingerprint density at radius 1 is 1.31 bits per heavy atom. The SMILES string of the molecule is Cc1ccc(N2CCCC2)c(C(C)CO)c1. The summed E-state index contributed by atoms with van der Waals surface area (Å²) in [6.45, 7) is 6.75. The molecule has 1 N–H and O–H groups in total. The molecule has 2 heteroatoms. The first-order chi connectivity index (χ1) is 7.72. The Morgan fingerprint density at radius 3 is 2.62 bits per heavy atom. The molecule has 0 saturated carbocycles. The van der Waals surface area contributed by atoms with E-state index in [1.54, 1.807) is 0 Å². The summed E-state index contributed by atoms with van der Waals surface area (Å²) in [6.07, 6.45) is 2.58. The smallest absolute Gasteiger partial charge is 0.0497 e. The highest BCUT2D eigenvalue weighted by Gasteiger charge is 2.18. The fourth-order valence-electron chi connectivity index (χ4n) is 2.41. The van der Waals surface area contributed by atoms with Crippen molar-refractivity contribution in [2.45, 2.75) is 32.6 Å². The molecular weight excluding hydrogens is 198 g/mol. The minimum absolute atomic E-state index is 0.226. The summed E-state index contributed by atoms with van der Waals surface area (Å²) in [5.74, 6) is 0.232. The second-order valence-electron chi connectivity index (χ2n) is 4.84. The van der Waals surface area contributed by atoms with Crippen molar-refractivity contribution in [3.8, 4) is 0 Å². The van der Waals surface area contributed by atoms with E-state index in [1.807, 2.05) is 0 Å². The molecule has 88 valence electrons. The molecule has 1 unspecified atom stereocenters. The third-order valence-corrected chi connectivity index (χ3v) is 3.43. The van der Waals surface area contributed by atoms with Gasteiger partial charge in [0.25, 0.3) is 0 Å². The summed E-state index contributed by atoms with van der Waals surface area (Å²) in [6, 6.07) is 6.60. The number of rotatable bonds is 3. The third kappa shape index (κ3) is 2.22. The van der Waals surface area contributed by atoms with E-state index in [9.17, 15) is 5.11 Å². The van der Waals surface area contributed by atoms with Crippen molar-refractivity contribution in [1.82, 2.24) is 0 Å². The summed E-state index contributed by atoms with van der Waals surface area (Å²) < 4.78 is 0. The minimum atomic E-state index is 0.226. The Morgan fingerprint density at radius 2 is 2.00 bits per heavy atom. The molecule has 0 aromatic heterocycles. The van der Waals surface area contributed by atoms with Crippen LogP contribution >= 0.6 is 0 Å². The summed E-state index contributed by atoms with van der Waals surface area (Å²) in [4.78, 5) is 2.45. The van der Waals surface area contributed by atoms with Crippen LogP contribution < -0.4 is 4.90 Å². The third-order valence-electron chi connectivity index (χ3n) is 3.43. The molecule has 0 radical (unpaired) electrons. The van der Waals surface area contributed by atoms with Gasteiger partial charge in [-0.1, -0.05) is 24.6 Å². The fourth-order valence-corrected chi connectivity index (χ4v) is 2.41. The second-order valence-corrected chi connectivity index (χ2v) is 4.84. The van der Waals surface area contributed by atoms with Gasteiger partial charge in [0, 0.05) is 31.3 Å². The molecule has 1 saturated heterocycles. The Hall–Kier alpha value is -1.02. The maximum absolute atomic E-state index is 9.33. The van der Waals surface area contributed by atoms with Crippen LogP contribution in [0.25, 0.3) is 0 Å². The lowest BCUT2D eigenvalue weighted by atomic mass is 9.97. The Balaban J connectivity index is 2.34. The lowest BCUT2D eigenvalue weighted by Gasteiger charge is -2.24. The summed E-state index contributed by atoms with van der Waals surface area (Å²) in [5.41, 5.74) is 3.90. The average molecular weight is 219 g/mol. The maximum atomic E-state index is 9.33. The molecule has 1 atom stereocenters. The standard InChI is InChI=1S/C14H21NO/c1-11-5-6-14(15-7-3-4-8-15)13(9-11)12(2)10-16/h5-6,9,12,16H,3-4,7-8,10H2,1-2H3. The first-order valence-corrected chi connectivity index (χ1v) is 6.18. The van der Waals surface area contributed by atoms with Crippen LogP contribution in [0.5, 0.6) is 0 Å². The molecule has 0 spiro atoms. The van der Waals surface area contributed by atoms with Gasteiger partial charge in [-0.05, 0) is 31.4 Å². The largest absolute Gasteiger partial charge is 0.396 e. The molecule has 1 fully saturated rings. The monoisotopic (exact) mass is 219 g/mol. The number of aliphatic hydroxyl groups excluding tert-OH is 1. The highest BCUT2D eigenvalue weighted by molar-refractivity contribution is 5.57. The number of benzene rings is 1. The van der Waals surface area contributed by atoms with E-state index in [0.717, 1.165) is 13.1 Å². The van der Waals surface area contributed by atoms with E-state index in [0.29, 0.717) is 0 Å². The number of aryl methyl sites for hydroxylation is 1. The first-order valence-electron chi connectivity index (χ1n) is 6.18. The van der Waals surface area contributed by atoms with Crippen LogP contribution in [-0.4, -0.2) is 24.8 Å². The zero-order valence-electron chi connectivity index (χ0n) is 10.2. The van der Waals surface area contributed by atoms with Crippen molar-refractivity contribution < 1.29 is 5.11 Å². The van der Waals surface area contributed by atoms with Gasteiger partial charge in [0.15, 0.2) is 0 Å². The van der Waals surface area contributed by atoms with Crippen LogP contribution in [-0.2, 0) is 0 Å². The van der Waals surface area contributed by atoms with Crippen molar-refractivity contribution in [2.24, 2.45) is 0 Å². The van der Waals surface area contributed by atoms with Gasteiger partial charge < -0.3 is 10.0 Å². The average Bonchev–Trinajstić information content (AvgIpc) is 2.81. The predicted octanol–water partition coefficient (Wildman–Crippen LogP) is 2.69. The van der Waals surface area contributed by atoms with Crippen molar-refractivity contribution in [3.63, 3.8) is 0 Å². The van der Waals surface area contributed by atoms with E-state index in [1.165, 1.54) is 29.7 Å². The van der Waals surface area contributed by atoms with Crippen LogP contribution in [0, 0.1) is 6.92 Å². The van der Waals surface area contributed by atoms with E-state index in [2.05, 4.69) is 36.9 Å². The Bertz CT molecular complexity index is 356. The Labute approximate surface area is 97.9 Å². The van der Waals surface area contributed by atoms with E-state index in [-0.39, 0.29) is 12.5 Å². The van der Waals surface area contributed by atoms with Gasteiger partial charge in [-0.15, -0.1) is 0 Å². The quantitative estimate of drug-likeness (QED) is 0.845. The lowest BCUT2D eigenvalue weighted by Crippen LogP contribution is -2.20. The fraction of sp³-hybridized carbons (Fsp3) is 0.571. The molecule has 0 aliphatic carbocycles. The summed E-state index contributed by atoms with van der Waals surface area (Å²) in [5, 5.41) is 9.33. The zero-order valence-corrected chi connectivity index (χ0v) is 10.2. The number of hydrogen-bond acceptors (Lipinski definition) is 2. The number of anilines is 1. The van der Waals surface area contributed by atoms with Gasteiger partial charge in [-0.3, -0.25) is 0 Å². The molecular formula is C14H21NO. The molecule has 0 amide bonds. The summed E-state index contributed by atoms with van der Waals surface area (Å²) in [7, 11) is 0. The van der Waals surface area contributed by atoms with Gasteiger partial charge >= 0.3 is 0 Å². The molecule has 2 nitrogen and oxygen atoms in total. The van der Waals surface area contributed by atoms with E-state index < -0.39 is 0 Å². The van der Waals surface area contributed by atoms with Gasteiger partial charge in [-0.2, -0.15) is 0 Å². The number of nitrogens with zero attached hydrogens (tertiary/aromatic N) is 1. The van der Waals surface area contributed by atoms with Crippen LogP contribution in [0.15, 0.2) is 18.2 Å². The molecule has 0 bridgehead atoms. The predicted molar refractivity (Wildman–Crippen MR) is 68.1 cm³/mol. The van der Waals surface area contributed by atoms with E-state index >= 15 is 0 Å². The minimum Gasteiger partial charge on any atom is -0.396 e.